The second kappa shape index (κ2) is 8.96. The summed E-state index contributed by atoms with van der Waals surface area (Å²) < 4.78 is 74.5. The van der Waals surface area contributed by atoms with Crippen LogP contribution in [0.25, 0.3) is 22.9 Å². The van der Waals surface area contributed by atoms with Crippen molar-refractivity contribution in [2.45, 2.75) is 39.4 Å². The van der Waals surface area contributed by atoms with E-state index in [1.165, 1.54) is 17.0 Å². The minimum atomic E-state index is -4.43. The summed E-state index contributed by atoms with van der Waals surface area (Å²) in [7, 11) is 0. The number of alkyl halides is 3. The van der Waals surface area contributed by atoms with E-state index in [1.54, 1.807) is 30.3 Å². The van der Waals surface area contributed by atoms with Crippen molar-refractivity contribution >= 4 is 0 Å². The van der Waals surface area contributed by atoms with Crippen molar-refractivity contribution in [1.29, 1.82) is 0 Å². The molecule has 0 aliphatic heterocycles. The SMILES string of the molecule is CC(C)(CCc1nc(-c2cc(-c3ccon3)n(Cc3ccccc3F)n2)ncc1F)C(F)(F)F. The zero-order chi connectivity index (χ0) is 24.5. The Balaban J connectivity index is 1.68. The van der Waals surface area contributed by atoms with E-state index in [4.69, 9.17) is 4.52 Å². The molecule has 4 aromatic rings. The van der Waals surface area contributed by atoms with Gasteiger partial charge in [-0.25, -0.2) is 18.7 Å². The van der Waals surface area contributed by atoms with Crippen molar-refractivity contribution in [3.05, 3.63) is 71.8 Å². The van der Waals surface area contributed by atoms with Crippen molar-refractivity contribution in [2.75, 3.05) is 0 Å². The van der Waals surface area contributed by atoms with E-state index in [2.05, 4.69) is 20.2 Å². The maximum absolute atomic E-state index is 14.3. The maximum atomic E-state index is 14.3. The van der Waals surface area contributed by atoms with E-state index < -0.39 is 23.2 Å². The Bertz CT molecular complexity index is 1280. The van der Waals surface area contributed by atoms with E-state index in [-0.39, 0.29) is 36.6 Å². The lowest BCUT2D eigenvalue weighted by molar-refractivity contribution is -0.213. The molecule has 3 heterocycles. The molecular formula is C23H20F5N5O. The molecule has 0 fully saturated rings. The van der Waals surface area contributed by atoms with Crippen LogP contribution in [0.4, 0.5) is 22.0 Å². The summed E-state index contributed by atoms with van der Waals surface area (Å²) in [5.41, 5.74) is -0.660. The Hall–Kier alpha value is -3.63. The third kappa shape index (κ3) is 4.82. The van der Waals surface area contributed by atoms with Crippen LogP contribution in [0.5, 0.6) is 0 Å². The molecule has 0 N–H and O–H groups in total. The minimum Gasteiger partial charge on any atom is -0.364 e. The van der Waals surface area contributed by atoms with Gasteiger partial charge in [-0.2, -0.15) is 18.3 Å². The first-order valence-electron chi connectivity index (χ1n) is 10.4. The summed E-state index contributed by atoms with van der Waals surface area (Å²) in [6.45, 7) is 2.17. The number of rotatable bonds is 7. The highest BCUT2D eigenvalue weighted by Crippen LogP contribution is 2.41. The molecule has 11 heteroatoms. The highest BCUT2D eigenvalue weighted by molar-refractivity contribution is 5.62. The van der Waals surface area contributed by atoms with Gasteiger partial charge in [0.25, 0.3) is 0 Å². The van der Waals surface area contributed by atoms with E-state index in [1.807, 2.05) is 0 Å². The molecule has 3 aromatic heterocycles. The minimum absolute atomic E-state index is 0.0262. The molecule has 4 rings (SSSR count). The molecule has 0 atom stereocenters. The molecule has 0 radical (unpaired) electrons. The molecular weight excluding hydrogens is 457 g/mol. The molecule has 0 aliphatic rings. The van der Waals surface area contributed by atoms with E-state index >= 15 is 0 Å². The molecule has 178 valence electrons. The summed E-state index contributed by atoms with van der Waals surface area (Å²) in [5.74, 6) is -1.19. The Morgan fingerprint density at radius 3 is 2.44 bits per heavy atom. The summed E-state index contributed by atoms with van der Waals surface area (Å²) in [4.78, 5) is 8.10. The van der Waals surface area contributed by atoms with Gasteiger partial charge in [0.1, 0.15) is 23.5 Å². The Morgan fingerprint density at radius 1 is 1.00 bits per heavy atom. The topological polar surface area (TPSA) is 69.6 Å². The fourth-order valence-corrected chi connectivity index (χ4v) is 3.26. The third-order valence-corrected chi connectivity index (χ3v) is 5.56. The third-order valence-electron chi connectivity index (χ3n) is 5.56. The summed E-state index contributed by atoms with van der Waals surface area (Å²) in [6, 6.07) is 9.37. The van der Waals surface area contributed by atoms with Gasteiger partial charge in [-0.3, -0.25) is 4.68 Å². The fraction of sp³-hybridized carbons (Fsp3) is 0.304. The van der Waals surface area contributed by atoms with Crippen LogP contribution in [0.2, 0.25) is 0 Å². The van der Waals surface area contributed by atoms with Crippen molar-refractivity contribution in [2.24, 2.45) is 5.41 Å². The van der Waals surface area contributed by atoms with Crippen LogP contribution < -0.4 is 0 Å². The quantitative estimate of drug-likeness (QED) is 0.313. The Morgan fingerprint density at radius 2 is 1.76 bits per heavy atom. The fourth-order valence-electron chi connectivity index (χ4n) is 3.26. The standard InChI is InChI=1S/C23H20F5N5O/c1-22(2,23(26,27)28)9-7-17-16(25)12-29-21(30-17)19-11-20(18-8-10-34-32-18)33(31-19)13-14-5-3-4-6-15(14)24/h3-6,8,10-12H,7,9,13H2,1-2H3. The van der Waals surface area contributed by atoms with Crippen LogP contribution in [-0.4, -0.2) is 31.1 Å². The van der Waals surface area contributed by atoms with Crippen LogP contribution >= 0.6 is 0 Å². The van der Waals surface area contributed by atoms with Gasteiger partial charge >= 0.3 is 6.18 Å². The largest absolute Gasteiger partial charge is 0.393 e. The molecule has 6 nitrogen and oxygen atoms in total. The van der Waals surface area contributed by atoms with E-state index in [0.29, 0.717) is 17.0 Å². The van der Waals surface area contributed by atoms with Gasteiger partial charge in [-0.15, -0.1) is 0 Å². The average molecular weight is 477 g/mol. The number of benzene rings is 1. The van der Waals surface area contributed by atoms with E-state index in [9.17, 15) is 22.0 Å². The Labute approximate surface area is 191 Å². The number of aromatic nitrogens is 5. The molecule has 0 saturated heterocycles. The van der Waals surface area contributed by atoms with Crippen molar-refractivity contribution in [3.63, 3.8) is 0 Å². The molecule has 34 heavy (non-hydrogen) atoms. The highest BCUT2D eigenvalue weighted by atomic mass is 19.4. The van der Waals surface area contributed by atoms with Gasteiger partial charge in [-0.05, 0) is 25.0 Å². The monoisotopic (exact) mass is 477 g/mol. The number of hydrogen-bond donors (Lipinski definition) is 0. The van der Waals surface area contributed by atoms with Crippen molar-refractivity contribution < 1.29 is 26.5 Å². The number of halogens is 5. The summed E-state index contributed by atoms with van der Waals surface area (Å²) in [6.07, 6.45) is -2.75. The zero-order valence-electron chi connectivity index (χ0n) is 18.3. The zero-order valence-corrected chi connectivity index (χ0v) is 18.3. The predicted octanol–water partition coefficient (Wildman–Crippen LogP) is 5.84. The molecule has 0 spiro atoms. The molecule has 0 bridgehead atoms. The maximum Gasteiger partial charge on any atom is 0.393 e. The number of nitrogens with zero attached hydrogens (tertiary/aromatic N) is 5. The number of hydrogen-bond acceptors (Lipinski definition) is 5. The van der Waals surface area contributed by atoms with Crippen LogP contribution in [0.15, 0.2) is 53.4 Å². The molecule has 0 amide bonds. The summed E-state index contributed by atoms with van der Waals surface area (Å²) >= 11 is 0. The van der Waals surface area contributed by atoms with Crippen LogP contribution in [0, 0.1) is 17.0 Å². The van der Waals surface area contributed by atoms with Crippen LogP contribution in [0.1, 0.15) is 31.5 Å². The van der Waals surface area contributed by atoms with Crippen molar-refractivity contribution in [1.82, 2.24) is 24.9 Å². The summed E-state index contributed by atoms with van der Waals surface area (Å²) in [5, 5.41) is 8.33. The lowest BCUT2D eigenvalue weighted by Gasteiger charge is -2.27. The van der Waals surface area contributed by atoms with Gasteiger partial charge in [-0.1, -0.05) is 37.2 Å². The van der Waals surface area contributed by atoms with Gasteiger partial charge in [0.15, 0.2) is 11.6 Å². The predicted molar refractivity (Wildman–Crippen MR) is 112 cm³/mol. The lowest BCUT2D eigenvalue weighted by Crippen LogP contribution is -2.32. The van der Waals surface area contributed by atoms with E-state index in [0.717, 1.165) is 20.0 Å². The normalized spacial score (nSPS) is 12.3. The van der Waals surface area contributed by atoms with Crippen molar-refractivity contribution in [3.8, 4) is 22.9 Å². The van der Waals surface area contributed by atoms with Gasteiger partial charge in [0.05, 0.1) is 29.5 Å². The van der Waals surface area contributed by atoms with Gasteiger partial charge in [0, 0.05) is 11.6 Å². The first-order chi connectivity index (χ1) is 16.0. The first kappa shape index (κ1) is 23.5. The smallest absolute Gasteiger partial charge is 0.364 e. The van der Waals surface area contributed by atoms with Gasteiger partial charge in [0.2, 0.25) is 0 Å². The molecule has 1 aromatic carbocycles. The average Bonchev–Trinajstić information content (AvgIpc) is 3.44. The molecule has 0 unspecified atom stereocenters. The molecule has 0 aliphatic carbocycles. The molecule has 0 saturated carbocycles. The number of aryl methyl sites for hydroxylation is 1. The van der Waals surface area contributed by atoms with Crippen LogP contribution in [-0.2, 0) is 13.0 Å². The lowest BCUT2D eigenvalue weighted by atomic mass is 9.86. The van der Waals surface area contributed by atoms with Crippen LogP contribution in [0.3, 0.4) is 0 Å². The second-order valence-corrected chi connectivity index (χ2v) is 8.42. The van der Waals surface area contributed by atoms with Gasteiger partial charge < -0.3 is 4.52 Å². The Kier molecular flexibility index (Phi) is 6.20. The second-order valence-electron chi connectivity index (χ2n) is 8.42. The first-order valence-corrected chi connectivity index (χ1v) is 10.4. The highest BCUT2D eigenvalue weighted by Gasteiger charge is 2.46.